The molecule has 1 aliphatic heterocycles. The molecule has 2 aromatic rings. The van der Waals surface area contributed by atoms with Crippen LogP contribution in [0.15, 0.2) is 36.5 Å². The van der Waals surface area contributed by atoms with E-state index in [9.17, 15) is 14.4 Å². The highest BCUT2D eigenvalue weighted by Crippen LogP contribution is 2.23. The molecule has 5 nitrogen and oxygen atoms in total. The SMILES string of the molecule is CC(C)(C)C#Cc1cnc(C(=O)CN2C(=O)c3ccccc3C2=O)c(Cl)c1. The molecule has 1 aromatic carbocycles. The molecule has 0 spiro atoms. The summed E-state index contributed by atoms with van der Waals surface area (Å²) in [7, 11) is 0. The molecular formula is C21H17ClN2O3. The summed E-state index contributed by atoms with van der Waals surface area (Å²) in [6, 6.07) is 8.03. The summed E-state index contributed by atoms with van der Waals surface area (Å²) >= 11 is 6.18. The lowest BCUT2D eigenvalue weighted by molar-refractivity contribution is 0.0623. The lowest BCUT2D eigenvalue weighted by Crippen LogP contribution is -2.35. The fourth-order valence-electron chi connectivity index (χ4n) is 2.57. The van der Waals surface area contributed by atoms with Gasteiger partial charge in [0.15, 0.2) is 0 Å². The molecule has 0 saturated carbocycles. The maximum atomic E-state index is 12.6. The molecule has 0 bridgehead atoms. The van der Waals surface area contributed by atoms with Gasteiger partial charge in [0.1, 0.15) is 5.69 Å². The summed E-state index contributed by atoms with van der Waals surface area (Å²) in [6.07, 6.45) is 1.46. The third kappa shape index (κ3) is 3.91. The normalized spacial score (nSPS) is 13.3. The Bertz CT molecular complexity index is 991. The van der Waals surface area contributed by atoms with Gasteiger partial charge in [0, 0.05) is 17.2 Å². The highest BCUT2D eigenvalue weighted by molar-refractivity contribution is 6.34. The molecule has 0 saturated heterocycles. The number of hydrogen-bond donors (Lipinski definition) is 0. The number of rotatable bonds is 3. The van der Waals surface area contributed by atoms with Crippen molar-refractivity contribution in [2.24, 2.45) is 5.41 Å². The van der Waals surface area contributed by atoms with Gasteiger partial charge in [-0.2, -0.15) is 0 Å². The van der Waals surface area contributed by atoms with Crippen molar-refractivity contribution in [3.63, 3.8) is 0 Å². The molecule has 1 aromatic heterocycles. The minimum Gasteiger partial charge on any atom is -0.290 e. The van der Waals surface area contributed by atoms with Crippen molar-refractivity contribution >= 4 is 29.2 Å². The number of amides is 2. The first-order chi connectivity index (χ1) is 12.7. The van der Waals surface area contributed by atoms with E-state index in [1.54, 1.807) is 30.3 Å². The Morgan fingerprint density at radius 2 is 1.74 bits per heavy atom. The van der Waals surface area contributed by atoms with E-state index in [4.69, 9.17) is 11.6 Å². The zero-order valence-electron chi connectivity index (χ0n) is 15.2. The van der Waals surface area contributed by atoms with Gasteiger partial charge in [0.05, 0.1) is 22.7 Å². The molecule has 0 unspecified atom stereocenters. The topological polar surface area (TPSA) is 67.3 Å². The zero-order valence-corrected chi connectivity index (χ0v) is 15.9. The van der Waals surface area contributed by atoms with Crippen LogP contribution in [0.3, 0.4) is 0 Å². The summed E-state index contributed by atoms with van der Waals surface area (Å²) in [5.74, 6) is 4.53. The molecule has 3 rings (SSSR count). The van der Waals surface area contributed by atoms with Crippen LogP contribution in [-0.4, -0.2) is 34.0 Å². The van der Waals surface area contributed by atoms with Crippen molar-refractivity contribution in [2.45, 2.75) is 20.8 Å². The molecule has 136 valence electrons. The van der Waals surface area contributed by atoms with Crippen LogP contribution in [0, 0.1) is 17.3 Å². The third-order valence-corrected chi connectivity index (χ3v) is 4.16. The van der Waals surface area contributed by atoms with E-state index < -0.39 is 24.1 Å². The molecule has 2 heterocycles. The first kappa shape index (κ1) is 18.8. The largest absolute Gasteiger partial charge is 0.290 e. The summed E-state index contributed by atoms with van der Waals surface area (Å²) in [4.78, 5) is 42.3. The Hall–Kier alpha value is -2.97. The van der Waals surface area contributed by atoms with E-state index in [1.807, 2.05) is 20.8 Å². The Kier molecular flexibility index (Phi) is 4.86. The molecule has 0 fully saturated rings. The molecule has 6 heteroatoms. The van der Waals surface area contributed by atoms with Gasteiger partial charge in [-0.1, -0.05) is 35.6 Å². The summed E-state index contributed by atoms with van der Waals surface area (Å²) in [5.41, 5.74) is 1.01. The number of imide groups is 1. The highest BCUT2D eigenvalue weighted by Gasteiger charge is 2.36. The van der Waals surface area contributed by atoms with Crippen molar-refractivity contribution in [1.29, 1.82) is 0 Å². The molecule has 0 atom stereocenters. The lowest BCUT2D eigenvalue weighted by Gasteiger charge is -2.13. The minimum absolute atomic E-state index is 0.00883. The minimum atomic E-state index is -0.509. The number of carbonyl (C=O) groups is 3. The Morgan fingerprint density at radius 3 is 2.26 bits per heavy atom. The van der Waals surface area contributed by atoms with E-state index >= 15 is 0 Å². The molecule has 27 heavy (non-hydrogen) atoms. The molecular weight excluding hydrogens is 364 g/mol. The van der Waals surface area contributed by atoms with Gasteiger partial charge in [0.2, 0.25) is 5.78 Å². The number of carbonyl (C=O) groups excluding carboxylic acids is 3. The molecule has 0 N–H and O–H groups in total. The van der Waals surface area contributed by atoms with E-state index in [0.29, 0.717) is 16.7 Å². The zero-order chi connectivity index (χ0) is 19.8. The van der Waals surface area contributed by atoms with Gasteiger partial charge in [-0.15, -0.1) is 0 Å². The van der Waals surface area contributed by atoms with Crippen molar-refractivity contribution < 1.29 is 14.4 Å². The second-order valence-electron chi connectivity index (χ2n) is 7.22. The maximum absolute atomic E-state index is 12.6. The van der Waals surface area contributed by atoms with Crippen LogP contribution in [-0.2, 0) is 0 Å². The summed E-state index contributed by atoms with van der Waals surface area (Å²) < 4.78 is 0. The Labute approximate surface area is 162 Å². The predicted octanol–water partition coefficient (Wildman–Crippen LogP) is 3.61. The van der Waals surface area contributed by atoms with E-state index in [-0.39, 0.29) is 16.1 Å². The molecule has 0 aliphatic carbocycles. The number of pyridine rings is 1. The number of Topliss-reactive ketones (excluding diaryl/α,β-unsaturated/α-hetero) is 1. The third-order valence-electron chi connectivity index (χ3n) is 3.87. The van der Waals surface area contributed by atoms with Gasteiger partial charge in [-0.3, -0.25) is 24.3 Å². The number of nitrogens with zero attached hydrogens (tertiary/aromatic N) is 2. The quantitative estimate of drug-likeness (QED) is 0.463. The predicted molar refractivity (Wildman–Crippen MR) is 102 cm³/mol. The highest BCUT2D eigenvalue weighted by atomic mass is 35.5. The van der Waals surface area contributed by atoms with Gasteiger partial charge in [-0.05, 0) is 39.0 Å². The smallest absolute Gasteiger partial charge is 0.261 e. The molecule has 0 radical (unpaired) electrons. The van der Waals surface area contributed by atoms with Gasteiger partial charge < -0.3 is 0 Å². The fraction of sp³-hybridized carbons (Fsp3) is 0.238. The number of benzene rings is 1. The summed E-state index contributed by atoms with van der Waals surface area (Å²) in [5, 5.41) is 0.136. The lowest BCUT2D eigenvalue weighted by atomic mass is 9.97. The monoisotopic (exact) mass is 380 g/mol. The standard InChI is InChI=1S/C21H17ClN2O3/c1-21(2,3)9-8-13-10-16(22)18(23-11-13)17(25)12-24-19(26)14-6-4-5-7-15(14)20(24)27/h4-7,10-11H,12H2,1-3H3. The molecule has 2 amide bonds. The number of halogens is 1. The average Bonchev–Trinajstić information content (AvgIpc) is 2.85. The van der Waals surface area contributed by atoms with Crippen molar-refractivity contribution in [3.8, 4) is 11.8 Å². The van der Waals surface area contributed by atoms with E-state index in [2.05, 4.69) is 16.8 Å². The van der Waals surface area contributed by atoms with E-state index in [0.717, 1.165) is 4.90 Å². The van der Waals surface area contributed by atoms with E-state index in [1.165, 1.54) is 6.20 Å². The van der Waals surface area contributed by atoms with Crippen LogP contribution in [0.1, 0.15) is 57.5 Å². The van der Waals surface area contributed by atoms with Crippen molar-refractivity contribution in [2.75, 3.05) is 6.54 Å². The van der Waals surface area contributed by atoms with Gasteiger partial charge in [-0.25, -0.2) is 0 Å². The van der Waals surface area contributed by atoms with Crippen LogP contribution in [0.5, 0.6) is 0 Å². The number of aromatic nitrogens is 1. The van der Waals surface area contributed by atoms with Crippen molar-refractivity contribution in [1.82, 2.24) is 9.88 Å². The fourth-order valence-corrected chi connectivity index (χ4v) is 2.84. The van der Waals surface area contributed by atoms with Crippen LogP contribution >= 0.6 is 11.6 Å². The van der Waals surface area contributed by atoms with Crippen LogP contribution in [0.4, 0.5) is 0 Å². The number of hydrogen-bond acceptors (Lipinski definition) is 4. The van der Waals surface area contributed by atoms with Crippen LogP contribution in [0.2, 0.25) is 5.02 Å². The van der Waals surface area contributed by atoms with Crippen molar-refractivity contribution in [3.05, 3.63) is 63.9 Å². The van der Waals surface area contributed by atoms with Crippen LogP contribution < -0.4 is 0 Å². The summed E-state index contributed by atoms with van der Waals surface area (Å²) in [6.45, 7) is 5.53. The first-order valence-electron chi connectivity index (χ1n) is 8.34. The Balaban J connectivity index is 1.80. The molecule has 1 aliphatic rings. The van der Waals surface area contributed by atoms with Crippen LogP contribution in [0.25, 0.3) is 0 Å². The van der Waals surface area contributed by atoms with Gasteiger partial charge >= 0.3 is 0 Å². The first-order valence-corrected chi connectivity index (χ1v) is 8.72. The second-order valence-corrected chi connectivity index (χ2v) is 7.63. The maximum Gasteiger partial charge on any atom is 0.261 e. The average molecular weight is 381 g/mol. The number of fused-ring (bicyclic) bond motifs is 1. The Morgan fingerprint density at radius 1 is 1.15 bits per heavy atom. The second kappa shape index (κ2) is 6.98. The van der Waals surface area contributed by atoms with Gasteiger partial charge in [0.25, 0.3) is 11.8 Å². The number of ketones is 1.